The smallest absolute Gasteiger partial charge is 0.225 e. The molecule has 8 heteroatoms. The molecule has 0 atom stereocenters. The molecule has 1 saturated heterocycles. The summed E-state index contributed by atoms with van der Waals surface area (Å²) in [4.78, 5) is 11.9. The van der Waals surface area contributed by atoms with Crippen LogP contribution in [0.1, 0.15) is 18.4 Å². The van der Waals surface area contributed by atoms with Crippen LogP contribution >= 0.6 is 0 Å². The van der Waals surface area contributed by atoms with Crippen molar-refractivity contribution in [2.24, 2.45) is 0 Å². The van der Waals surface area contributed by atoms with Crippen LogP contribution in [0.4, 0.5) is 11.8 Å². The Balaban J connectivity index is 1.48. The maximum Gasteiger partial charge on any atom is 0.225 e. The lowest BCUT2D eigenvalue weighted by atomic mass is 10.0. The molecule has 0 bridgehead atoms. The average Bonchev–Trinajstić information content (AvgIpc) is 2.83. The van der Waals surface area contributed by atoms with E-state index in [4.69, 9.17) is 19.4 Å². The lowest BCUT2D eigenvalue weighted by molar-refractivity contribution is 0.211. The lowest BCUT2D eigenvalue weighted by Crippen LogP contribution is -2.39. The van der Waals surface area contributed by atoms with Crippen molar-refractivity contribution in [1.82, 2.24) is 14.9 Å². The van der Waals surface area contributed by atoms with E-state index in [0.717, 1.165) is 43.4 Å². The van der Waals surface area contributed by atoms with Gasteiger partial charge in [0.1, 0.15) is 5.82 Å². The van der Waals surface area contributed by atoms with E-state index in [2.05, 4.69) is 45.9 Å². The van der Waals surface area contributed by atoms with Gasteiger partial charge in [-0.15, -0.1) is 0 Å². The molecule has 0 spiro atoms. The number of aliphatic hydroxyl groups is 1. The van der Waals surface area contributed by atoms with E-state index in [1.807, 2.05) is 12.1 Å². The molecule has 1 aromatic heterocycles. The van der Waals surface area contributed by atoms with Crippen LogP contribution in [0.3, 0.4) is 0 Å². The molecule has 1 aliphatic rings. The fourth-order valence-corrected chi connectivity index (χ4v) is 4.09. The van der Waals surface area contributed by atoms with Gasteiger partial charge in [0.2, 0.25) is 5.95 Å². The molecule has 3 N–H and O–H groups in total. The largest absolute Gasteiger partial charge is 0.493 e. The Morgan fingerprint density at radius 1 is 1.03 bits per heavy atom. The number of methoxy groups -OCH3 is 2. The summed E-state index contributed by atoms with van der Waals surface area (Å²) in [6.07, 6.45) is 2.05. The standard InChI is InChI=1S/C24H31N5O3/c1-31-21-14-19-20(15-22(21)32-2)27-24(28-23(19)25-10-13-30)26-18-8-11-29(12-9-18)16-17-6-4-3-5-7-17/h3-7,14-15,18,30H,8-13,16H2,1-2H3,(H2,25,26,27,28). The quantitative estimate of drug-likeness (QED) is 0.470. The van der Waals surface area contributed by atoms with Crippen LogP contribution < -0.4 is 20.1 Å². The summed E-state index contributed by atoms with van der Waals surface area (Å²) >= 11 is 0. The van der Waals surface area contributed by atoms with Gasteiger partial charge in [0.25, 0.3) is 0 Å². The minimum atomic E-state index is 0.0153. The minimum absolute atomic E-state index is 0.0153. The molecule has 0 amide bonds. The summed E-state index contributed by atoms with van der Waals surface area (Å²) in [7, 11) is 3.21. The molecule has 1 aliphatic heterocycles. The highest BCUT2D eigenvalue weighted by Crippen LogP contribution is 2.34. The molecule has 2 aromatic carbocycles. The Labute approximate surface area is 188 Å². The van der Waals surface area contributed by atoms with Crippen molar-refractivity contribution in [2.75, 3.05) is 51.1 Å². The second-order valence-corrected chi connectivity index (χ2v) is 7.95. The Hall–Kier alpha value is -3.10. The summed E-state index contributed by atoms with van der Waals surface area (Å²) < 4.78 is 10.9. The highest BCUT2D eigenvalue weighted by Gasteiger charge is 2.21. The summed E-state index contributed by atoms with van der Waals surface area (Å²) in [5, 5.41) is 16.8. The Bertz CT molecular complexity index is 1020. The number of nitrogens with one attached hydrogen (secondary N) is 2. The van der Waals surface area contributed by atoms with Crippen molar-refractivity contribution < 1.29 is 14.6 Å². The van der Waals surface area contributed by atoms with Crippen molar-refractivity contribution in [3.05, 3.63) is 48.0 Å². The van der Waals surface area contributed by atoms with Crippen molar-refractivity contribution >= 4 is 22.7 Å². The number of piperidine rings is 1. The molecule has 170 valence electrons. The van der Waals surface area contributed by atoms with Crippen LogP contribution in [0.2, 0.25) is 0 Å². The number of benzene rings is 2. The molecule has 2 heterocycles. The lowest BCUT2D eigenvalue weighted by Gasteiger charge is -2.32. The second kappa shape index (κ2) is 10.5. The van der Waals surface area contributed by atoms with Gasteiger partial charge in [-0.1, -0.05) is 30.3 Å². The SMILES string of the molecule is COc1cc2nc(NC3CCN(Cc4ccccc4)CC3)nc(NCCO)c2cc1OC. The first kappa shape index (κ1) is 22.1. The van der Waals surface area contributed by atoms with Crippen molar-refractivity contribution in [3.8, 4) is 11.5 Å². The van der Waals surface area contributed by atoms with Gasteiger partial charge in [0, 0.05) is 43.7 Å². The summed E-state index contributed by atoms with van der Waals surface area (Å²) in [5.74, 6) is 2.47. The van der Waals surface area contributed by atoms with Crippen LogP contribution in [0.15, 0.2) is 42.5 Å². The van der Waals surface area contributed by atoms with Crippen LogP contribution in [0.5, 0.6) is 11.5 Å². The minimum Gasteiger partial charge on any atom is -0.493 e. The summed E-state index contributed by atoms with van der Waals surface area (Å²) in [6, 6.07) is 14.6. The van der Waals surface area contributed by atoms with Crippen LogP contribution in [0, 0.1) is 0 Å². The number of anilines is 2. The fourth-order valence-electron chi connectivity index (χ4n) is 4.09. The molecule has 1 fully saturated rings. The number of hydrogen-bond donors (Lipinski definition) is 3. The molecule has 8 nitrogen and oxygen atoms in total. The zero-order valence-corrected chi connectivity index (χ0v) is 18.7. The number of hydrogen-bond acceptors (Lipinski definition) is 8. The van der Waals surface area contributed by atoms with Gasteiger partial charge in [-0.05, 0) is 24.5 Å². The van der Waals surface area contributed by atoms with E-state index in [1.54, 1.807) is 14.2 Å². The normalized spacial score (nSPS) is 15.0. The second-order valence-electron chi connectivity index (χ2n) is 7.95. The monoisotopic (exact) mass is 437 g/mol. The van der Waals surface area contributed by atoms with Gasteiger partial charge in [-0.25, -0.2) is 4.98 Å². The maximum absolute atomic E-state index is 9.27. The van der Waals surface area contributed by atoms with Gasteiger partial charge in [-0.2, -0.15) is 4.98 Å². The van der Waals surface area contributed by atoms with Crippen molar-refractivity contribution in [2.45, 2.75) is 25.4 Å². The molecule has 3 aromatic rings. The molecular formula is C24H31N5O3. The number of rotatable bonds is 9. The summed E-state index contributed by atoms with van der Waals surface area (Å²) in [5.41, 5.74) is 2.10. The van der Waals surface area contributed by atoms with Crippen LogP contribution in [0.25, 0.3) is 10.9 Å². The third kappa shape index (κ3) is 5.20. The number of fused-ring (bicyclic) bond motifs is 1. The molecule has 32 heavy (non-hydrogen) atoms. The van der Waals surface area contributed by atoms with Gasteiger partial charge in [-0.3, -0.25) is 4.90 Å². The van der Waals surface area contributed by atoms with E-state index in [1.165, 1.54) is 5.56 Å². The first-order valence-electron chi connectivity index (χ1n) is 11.0. The maximum atomic E-state index is 9.27. The number of nitrogens with zero attached hydrogens (tertiary/aromatic N) is 3. The first-order valence-corrected chi connectivity index (χ1v) is 11.0. The number of aromatic nitrogens is 2. The van der Waals surface area contributed by atoms with Crippen molar-refractivity contribution in [1.29, 1.82) is 0 Å². The predicted octanol–water partition coefficient (Wildman–Crippen LogP) is 3.13. The average molecular weight is 438 g/mol. The van der Waals surface area contributed by atoms with E-state index < -0.39 is 0 Å². The highest BCUT2D eigenvalue weighted by molar-refractivity contribution is 5.92. The topological polar surface area (TPSA) is 91.8 Å². The van der Waals surface area contributed by atoms with Crippen LogP contribution in [-0.4, -0.2) is 66.5 Å². The summed E-state index contributed by atoms with van der Waals surface area (Å²) in [6.45, 7) is 3.46. The van der Waals surface area contributed by atoms with Crippen LogP contribution in [-0.2, 0) is 6.54 Å². The van der Waals surface area contributed by atoms with E-state index >= 15 is 0 Å². The van der Waals surface area contributed by atoms with E-state index in [9.17, 15) is 5.11 Å². The number of ether oxygens (including phenoxy) is 2. The molecule has 0 saturated carbocycles. The zero-order valence-electron chi connectivity index (χ0n) is 18.7. The highest BCUT2D eigenvalue weighted by atomic mass is 16.5. The van der Waals surface area contributed by atoms with Crippen molar-refractivity contribution in [3.63, 3.8) is 0 Å². The Morgan fingerprint density at radius 2 is 1.75 bits per heavy atom. The Kier molecular flexibility index (Phi) is 7.24. The van der Waals surface area contributed by atoms with Gasteiger partial charge in [0.05, 0.1) is 26.3 Å². The van der Waals surface area contributed by atoms with Gasteiger partial charge in [0.15, 0.2) is 11.5 Å². The Morgan fingerprint density at radius 3 is 2.44 bits per heavy atom. The number of aliphatic hydroxyl groups excluding tert-OH is 1. The molecule has 0 radical (unpaired) electrons. The van der Waals surface area contributed by atoms with Gasteiger partial charge < -0.3 is 25.2 Å². The fraction of sp³-hybridized carbons (Fsp3) is 0.417. The molecular weight excluding hydrogens is 406 g/mol. The molecule has 4 rings (SSSR count). The first-order chi connectivity index (χ1) is 15.7. The molecule has 0 aliphatic carbocycles. The molecule has 0 unspecified atom stereocenters. The third-order valence-electron chi connectivity index (χ3n) is 5.78. The van der Waals surface area contributed by atoms with Gasteiger partial charge >= 0.3 is 0 Å². The van der Waals surface area contributed by atoms with E-state index in [-0.39, 0.29) is 6.61 Å². The number of likely N-dealkylation sites (tertiary alicyclic amines) is 1. The van der Waals surface area contributed by atoms with E-state index in [0.29, 0.717) is 35.9 Å². The third-order valence-corrected chi connectivity index (χ3v) is 5.78. The zero-order chi connectivity index (χ0) is 22.3. The predicted molar refractivity (Wildman–Crippen MR) is 127 cm³/mol.